The third kappa shape index (κ3) is 3.33. The number of fused-ring (bicyclic) bond motifs is 1. The van der Waals surface area contributed by atoms with Gasteiger partial charge in [0.1, 0.15) is 0 Å². The molecule has 1 heterocycles. The summed E-state index contributed by atoms with van der Waals surface area (Å²) in [5.74, 6) is -0.00266. The number of amides is 1. The zero-order valence-corrected chi connectivity index (χ0v) is 13.0. The minimum Gasteiger partial charge on any atom is -0.355 e. The van der Waals surface area contributed by atoms with Crippen LogP contribution in [-0.2, 0) is 25.3 Å². The van der Waals surface area contributed by atoms with Crippen molar-refractivity contribution in [3.63, 3.8) is 0 Å². The Morgan fingerprint density at radius 1 is 1.19 bits per heavy atom. The number of nitrogens with one attached hydrogen (secondary N) is 1. The summed E-state index contributed by atoms with van der Waals surface area (Å²) in [4.78, 5) is 25.8. The maximum Gasteiger partial charge on any atom is 0.328 e. The molecular formula is C15H22N4O2. The molecule has 0 saturated heterocycles. The lowest BCUT2D eigenvalue weighted by Crippen LogP contribution is -2.32. The van der Waals surface area contributed by atoms with Crippen molar-refractivity contribution in [1.82, 2.24) is 19.4 Å². The van der Waals surface area contributed by atoms with Gasteiger partial charge in [0.2, 0.25) is 5.91 Å². The van der Waals surface area contributed by atoms with Gasteiger partial charge in [-0.15, -0.1) is 0 Å². The number of likely N-dealkylation sites (N-methyl/N-ethyl adjacent to an activating group) is 1. The molecule has 0 bridgehead atoms. The zero-order valence-electron chi connectivity index (χ0n) is 13.0. The predicted octanol–water partition coefficient (Wildman–Crippen LogP) is 0.0973. The van der Waals surface area contributed by atoms with Crippen LogP contribution in [0.1, 0.15) is 5.56 Å². The van der Waals surface area contributed by atoms with Crippen molar-refractivity contribution in [3.8, 4) is 0 Å². The molecule has 1 aromatic carbocycles. The number of carbonyl (C=O) groups is 1. The molecule has 2 aromatic rings. The summed E-state index contributed by atoms with van der Waals surface area (Å²) in [6.07, 6.45) is 0.326. The van der Waals surface area contributed by atoms with Crippen LogP contribution in [0.2, 0.25) is 0 Å². The fraction of sp³-hybridized carbons (Fsp3) is 0.467. The molecule has 1 N–H and O–H groups in total. The highest BCUT2D eigenvalue weighted by Crippen LogP contribution is 2.14. The van der Waals surface area contributed by atoms with E-state index in [-0.39, 0.29) is 11.6 Å². The molecular weight excluding hydrogens is 268 g/mol. The second-order valence-electron chi connectivity index (χ2n) is 5.55. The summed E-state index contributed by atoms with van der Waals surface area (Å²) < 4.78 is 3.21. The first-order chi connectivity index (χ1) is 9.90. The molecule has 1 aromatic heterocycles. The summed E-state index contributed by atoms with van der Waals surface area (Å²) in [5.41, 5.74) is 2.57. The Hall–Kier alpha value is -2.08. The highest BCUT2D eigenvalue weighted by Gasteiger charge is 2.10. The van der Waals surface area contributed by atoms with Gasteiger partial charge in [0.15, 0.2) is 0 Å². The average Bonchev–Trinajstić information content (AvgIpc) is 2.63. The molecule has 1 amide bonds. The van der Waals surface area contributed by atoms with E-state index < -0.39 is 0 Å². The average molecular weight is 290 g/mol. The third-order valence-corrected chi connectivity index (χ3v) is 3.58. The van der Waals surface area contributed by atoms with Gasteiger partial charge in [0.25, 0.3) is 0 Å². The standard InChI is InChI=1S/C15H22N4O2/c1-17(2)8-7-16-14(20)10-11-5-6-12-13(9-11)19(4)15(21)18(12)3/h5-6,9H,7-8,10H2,1-4H3,(H,16,20). The molecule has 0 unspecified atom stereocenters. The van der Waals surface area contributed by atoms with Crippen molar-refractivity contribution < 1.29 is 4.79 Å². The highest BCUT2D eigenvalue weighted by molar-refractivity contribution is 5.82. The van der Waals surface area contributed by atoms with E-state index >= 15 is 0 Å². The predicted molar refractivity (Wildman–Crippen MR) is 83.4 cm³/mol. The fourth-order valence-electron chi connectivity index (χ4n) is 2.33. The molecule has 0 saturated carbocycles. The van der Waals surface area contributed by atoms with E-state index in [0.717, 1.165) is 23.1 Å². The normalized spacial score (nSPS) is 11.3. The molecule has 0 atom stereocenters. The van der Waals surface area contributed by atoms with Crippen LogP contribution in [0.4, 0.5) is 0 Å². The van der Waals surface area contributed by atoms with Crippen LogP contribution in [0, 0.1) is 0 Å². The number of imidazole rings is 1. The van der Waals surface area contributed by atoms with E-state index in [2.05, 4.69) is 5.32 Å². The van der Waals surface area contributed by atoms with E-state index in [4.69, 9.17) is 0 Å². The van der Waals surface area contributed by atoms with Gasteiger partial charge in [-0.2, -0.15) is 0 Å². The Bertz CT molecular complexity index is 712. The first kappa shape index (κ1) is 15.3. The maximum absolute atomic E-state index is 11.9. The van der Waals surface area contributed by atoms with E-state index in [9.17, 15) is 9.59 Å². The van der Waals surface area contributed by atoms with Gasteiger partial charge in [0.05, 0.1) is 17.5 Å². The first-order valence-corrected chi connectivity index (χ1v) is 6.96. The van der Waals surface area contributed by atoms with Crippen molar-refractivity contribution in [2.75, 3.05) is 27.2 Å². The Balaban J connectivity index is 2.11. The molecule has 0 fully saturated rings. The quantitative estimate of drug-likeness (QED) is 0.849. The van der Waals surface area contributed by atoms with Crippen LogP contribution in [0.3, 0.4) is 0 Å². The minimum atomic E-state index is -0.0578. The van der Waals surface area contributed by atoms with Gasteiger partial charge < -0.3 is 10.2 Å². The third-order valence-electron chi connectivity index (χ3n) is 3.58. The van der Waals surface area contributed by atoms with Gasteiger partial charge in [-0.3, -0.25) is 13.9 Å². The van der Waals surface area contributed by atoms with E-state index in [0.29, 0.717) is 13.0 Å². The van der Waals surface area contributed by atoms with Crippen LogP contribution in [0.15, 0.2) is 23.0 Å². The van der Waals surface area contributed by atoms with Gasteiger partial charge in [0, 0.05) is 27.2 Å². The van der Waals surface area contributed by atoms with Gasteiger partial charge >= 0.3 is 5.69 Å². The number of hydrogen-bond acceptors (Lipinski definition) is 3. The van der Waals surface area contributed by atoms with Crippen LogP contribution >= 0.6 is 0 Å². The van der Waals surface area contributed by atoms with Crippen molar-refractivity contribution >= 4 is 16.9 Å². The molecule has 114 valence electrons. The van der Waals surface area contributed by atoms with Gasteiger partial charge in [-0.1, -0.05) is 6.07 Å². The summed E-state index contributed by atoms with van der Waals surface area (Å²) in [6.45, 7) is 1.45. The summed E-state index contributed by atoms with van der Waals surface area (Å²) in [6, 6.07) is 5.69. The highest BCUT2D eigenvalue weighted by atomic mass is 16.2. The number of aryl methyl sites for hydroxylation is 2. The lowest BCUT2D eigenvalue weighted by molar-refractivity contribution is -0.120. The maximum atomic E-state index is 11.9. The fourth-order valence-corrected chi connectivity index (χ4v) is 2.33. The number of carbonyl (C=O) groups excluding carboxylic acids is 1. The molecule has 2 rings (SSSR count). The van der Waals surface area contributed by atoms with Crippen LogP contribution in [0.25, 0.3) is 11.0 Å². The lowest BCUT2D eigenvalue weighted by Gasteiger charge is -2.10. The van der Waals surface area contributed by atoms with Crippen molar-refractivity contribution in [2.24, 2.45) is 14.1 Å². The van der Waals surface area contributed by atoms with Crippen molar-refractivity contribution in [3.05, 3.63) is 34.2 Å². The Morgan fingerprint density at radius 2 is 1.86 bits per heavy atom. The largest absolute Gasteiger partial charge is 0.355 e. The molecule has 21 heavy (non-hydrogen) atoms. The summed E-state index contributed by atoms with van der Waals surface area (Å²) >= 11 is 0. The molecule has 0 aliphatic carbocycles. The first-order valence-electron chi connectivity index (χ1n) is 6.96. The molecule has 0 aliphatic heterocycles. The smallest absolute Gasteiger partial charge is 0.328 e. The number of rotatable bonds is 5. The molecule has 0 radical (unpaired) electrons. The van der Waals surface area contributed by atoms with E-state index in [1.165, 1.54) is 0 Å². The van der Waals surface area contributed by atoms with Crippen LogP contribution < -0.4 is 11.0 Å². The van der Waals surface area contributed by atoms with Gasteiger partial charge in [-0.05, 0) is 31.8 Å². The topological polar surface area (TPSA) is 59.3 Å². The number of aromatic nitrogens is 2. The molecule has 0 aliphatic rings. The van der Waals surface area contributed by atoms with Crippen LogP contribution in [0.5, 0.6) is 0 Å². The second kappa shape index (κ2) is 6.13. The van der Waals surface area contributed by atoms with Crippen molar-refractivity contribution in [1.29, 1.82) is 0 Å². The summed E-state index contributed by atoms with van der Waals surface area (Å²) in [5, 5.41) is 2.89. The second-order valence-corrected chi connectivity index (χ2v) is 5.55. The van der Waals surface area contributed by atoms with Crippen LogP contribution in [-0.4, -0.2) is 47.1 Å². The minimum absolute atomic E-state index is 0.00266. The SMILES string of the molecule is CN(C)CCNC(=O)Cc1ccc2c(c1)n(C)c(=O)n2C. The molecule has 0 spiro atoms. The molecule has 6 nitrogen and oxygen atoms in total. The van der Waals surface area contributed by atoms with E-state index in [1.54, 1.807) is 23.2 Å². The monoisotopic (exact) mass is 290 g/mol. The zero-order chi connectivity index (χ0) is 15.6. The Labute approximate surface area is 124 Å². The summed E-state index contributed by atoms with van der Waals surface area (Å²) in [7, 11) is 7.43. The lowest BCUT2D eigenvalue weighted by atomic mass is 10.1. The number of hydrogen-bond donors (Lipinski definition) is 1. The Morgan fingerprint density at radius 3 is 2.52 bits per heavy atom. The van der Waals surface area contributed by atoms with Gasteiger partial charge in [-0.25, -0.2) is 4.79 Å². The number of benzene rings is 1. The van der Waals surface area contributed by atoms with E-state index in [1.807, 2.05) is 37.2 Å². The Kier molecular flexibility index (Phi) is 4.47. The van der Waals surface area contributed by atoms with Crippen molar-refractivity contribution in [2.45, 2.75) is 6.42 Å². The number of nitrogens with zero attached hydrogens (tertiary/aromatic N) is 3. The molecule has 6 heteroatoms.